The van der Waals surface area contributed by atoms with Crippen LogP contribution in [0.4, 0.5) is 0 Å². The van der Waals surface area contributed by atoms with Gasteiger partial charge in [0.1, 0.15) is 0 Å². The van der Waals surface area contributed by atoms with Crippen LogP contribution >= 0.6 is 0 Å². The van der Waals surface area contributed by atoms with Gasteiger partial charge in [0.2, 0.25) is 0 Å². The minimum Gasteiger partial charge on any atom is -0.746 e. The van der Waals surface area contributed by atoms with E-state index in [0.717, 1.165) is 0 Å². The summed E-state index contributed by atoms with van der Waals surface area (Å²) in [5, 5.41) is 0. The molecule has 0 aliphatic carbocycles. The molecular weight excluding hydrogens is 364 g/mol. The fourth-order valence-electron chi connectivity index (χ4n) is 1.05. The van der Waals surface area contributed by atoms with Crippen LogP contribution in [0, 0.1) is 0 Å². The first kappa shape index (κ1) is 24.9. The second-order valence-electron chi connectivity index (χ2n) is 3.15. The quantitative estimate of drug-likeness (QED) is 0.449. The van der Waals surface area contributed by atoms with Crippen LogP contribution in [0.1, 0.15) is 0 Å². The molecule has 0 aliphatic rings. The van der Waals surface area contributed by atoms with Gasteiger partial charge in [-0.05, 0) is 0 Å². The summed E-state index contributed by atoms with van der Waals surface area (Å²) in [6.45, 7) is 0. The van der Waals surface area contributed by atoms with Crippen LogP contribution in [-0.4, -0.2) is 25.9 Å². The third-order valence-electron chi connectivity index (χ3n) is 1.84. The minimum atomic E-state index is -4.21. The summed E-state index contributed by atoms with van der Waals surface area (Å²) >= 11 is 0. The molecule has 11 heteroatoms. The zero-order valence-electron chi connectivity index (χ0n) is 11.2. The normalized spacial score (nSPS) is 10.0. The summed E-state index contributed by atoms with van der Waals surface area (Å²) < 4.78 is 60.8. The van der Waals surface area contributed by atoms with Crippen LogP contribution < -0.4 is 12.3 Å². The zero-order valence-corrected chi connectivity index (χ0v) is 14.0. The molecule has 0 bridgehead atoms. The molecule has 8 nitrogen and oxygen atoms in total. The van der Waals surface area contributed by atoms with Crippen LogP contribution in [0.25, 0.3) is 0 Å². The summed E-state index contributed by atoms with van der Waals surface area (Å²) in [5.74, 6) is 0. The fraction of sp³-hybridized carbons (Fsp3) is 0. The fourth-order valence-corrected chi connectivity index (χ4v) is 2.03. The van der Waals surface area contributed by atoms with Crippen molar-refractivity contribution < 1.29 is 43.0 Å². The average Bonchev–Trinajstić information content (AvgIpc) is 2.91. The molecule has 8 N–H and O–H groups in total. The van der Waals surface area contributed by atoms with E-state index < -0.39 is 20.2 Å². The van der Waals surface area contributed by atoms with Crippen LogP contribution in [0.5, 0.6) is 0 Å². The van der Waals surface area contributed by atoms with Crippen molar-refractivity contribution in [2.75, 3.05) is 0 Å². The van der Waals surface area contributed by atoms with Crippen molar-refractivity contribution in [3.63, 3.8) is 0 Å². The minimum absolute atomic E-state index is 0. The monoisotopic (exact) mass is 380 g/mol. The number of hydrogen-bond donors (Lipinski definition) is 2. The molecule has 0 radical (unpaired) electrons. The summed E-state index contributed by atoms with van der Waals surface area (Å²) in [6, 6.07) is 11.1. The molecule has 0 spiro atoms. The first-order valence-corrected chi connectivity index (χ1v) is 7.38. The van der Waals surface area contributed by atoms with E-state index in [0.29, 0.717) is 0 Å². The van der Waals surface area contributed by atoms with Crippen LogP contribution in [0.2, 0.25) is 0 Å². The molecule has 0 fully saturated rings. The summed E-state index contributed by atoms with van der Waals surface area (Å²) in [4.78, 5) is -0.329. The SMILES string of the molecule is O=S(=O)([O-])c1ccc[cH-]1.O=S(=O)([O-])c1ccc[cH-]1.[Fe+2].[NH4+].[NH4+]. The molecule has 0 unspecified atom stereocenters. The maximum Gasteiger partial charge on any atom is 2.00 e. The molecule has 0 saturated heterocycles. The van der Waals surface area contributed by atoms with Crippen molar-refractivity contribution >= 4 is 20.2 Å². The third-order valence-corrected chi connectivity index (χ3v) is 3.54. The predicted octanol–water partition coefficient (Wildman–Crippen LogP) is 1.37. The van der Waals surface area contributed by atoms with Crippen molar-refractivity contribution in [2.24, 2.45) is 0 Å². The largest absolute Gasteiger partial charge is 2.00 e. The van der Waals surface area contributed by atoms with E-state index in [9.17, 15) is 25.9 Å². The molecule has 0 atom stereocenters. The van der Waals surface area contributed by atoms with Gasteiger partial charge in [-0.3, -0.25) is 0 Å². The van der Waals surface area contributed by atoms with E-state index in [1.165, 1.54) is 48.5 Å². The molecule has 2 aromatic carbocycles. The summed E-state index contributed by atoms with van der Waals surface area (Å²) in [7, 11) is -8.42. The van der Waals surface area contributed by atoms with Gasteiger partial charge in [0.05, 0.1) is 20.2 Å². The molecular formula is C10H16FeN2O6S2. The van der Waals surface area contributed by atoms with Gasteiger partial charge in [-0.2, -0.15) is 36.4 Å². The van der Waals surface area contributed by atoms with Gasteiger partial charge in [0, 0.05) is 0 Å². The van der Waals surface area contributed by atoms with E-state index in [4.69, 9.17) is 0 Å². The molecule has 0 amide bonds. The van der Waals surface area contributed by atoms with Gasteiger partial charge in [-0.15, -0.1) is 0 Å². The Balaban J connectivity index is -0.000000270. The van der Waals surface area contributed by atoms with Crippen molar-refractivity contribution in [1.29, 1.82) is 0 Å². The van der Waals surface area contributed by atoms with E-state index in [-0.39, 0.29) is 39.2 Å². The molecule has 0 saturated carbocycles. The Morgan fingerprint density at radius 3 is 1.14 bits per heavy atom. The first-order valence-electron chi connectivity index (χ1n) is 4.56. The van der Waals surface area contributed by atoms with Gasteiger partial charge in [-0.25, -0.2) is 29.0 Å². The topological polar surface area (TPSA) is 187 Å². The van der Waals surface area contributed by atoms with Crippen molar-refractivity contribution in [3.8, 4) is 0 Å². The Kier molecular flexibility index (Phi) is 11.7. The second-order valence-corrected chi connectivity index (χ2v) is 5.91. The Hall–Kier alpha value is -1.04. The molecule has 0 heterocycles. The summed E-state index contributed by atoms with van der Waals surface area (Å²) in [5.41, 5.74) is 0. The Morgan fingerprint density at radius 2 is 1.05 bits per heavy atom. The molecule has 2 rings (SSSR count). The van der Waals surface area contributed by atoms with Gasteiger partial charge in [0.15, 0.2) is 0 Å². The molecule has 2 aromatic rings. The standard InChI is InChI=1S/2C5H5O3S.Fe.2H3N/c2*6-9(7,8)5-3-1-2-4-5;;;/h2*1-4H,(H,6,7,8);;2*1H3/q2*-1;+2;;. The zero-order chi connectivity index (χ0) is 13.8. The number of rotatable bonds is 2. The third kappa shape index (κ3) is 8.75. The Morgan fingerprint density at radius 1 is 0.762 bits per heavy atom. The Labute approximate surface area is 134 Å². The Bertz CT molecular complexity index is 616. The molecule has 21 heavy (non-hydrogen) atoms. The molecule has 0 aromatic heterocycles. The smallest absolute Gasteiger partial charge is 0.746 e. The first-order chi connectivity index (χ1) is 8.21. The predicted molar refractivity (Wildman–Crippen MR) is 72.0 cm³/mol. The number of quaternary nitrogens is 2. The van der Waals surface area contributed by atoms with E-state index in [1.807, 2.05) is 0 Å². The van der Waals surface area contributed by atoms with E-state index in [2.05, 4.69) is 0 Å². The van der Waals surface area contributed by atoms with Gasteiger partial charge in [-0.1, -0.05) is 9.79 Å². The van der Waals surface area contributed by atoms with Gasteiger partial charge in [0.25, 0.3) is 0 Å². The molecule has 122 valence electrons. The maximum absolute atomic E-state index is 10.1. The van der Waals surface area contributed by atoms with Crippen molar-refractivity contribution in [2.45, 2.75) is 9.79 Å². The molecule has 0 aliphatic heterocycles. The van der Waals surface area contributed by atoms with Crippen molar-refractivity contribution in [1.82, 2.24) is 12.3 Å². The average molecular weight is 380 g/mol. The van der Waals surface area contributed by atoms with Crippen molar-refractivity contribution in [3.05, 3.63) is 48.5 Å². The van der Waals surface area contributed by atoms with Gasteiger partial charge < -0.3 is 21.4 Å². The van der Waals surface area contributed by atoms with Gasteiger partial charge >= 0.3 is 17.1 Å². The van der Waals surface area contributed by atoms with Crippen LogP contribution in [-0.2, 0) is 37.3 Å². The van der Waals surface area contributed by atoms with E-state index in [1.54, 1.807) is 0 Å². The van der Waals surface area contributed by atoms with Crippen LogP contribution in [0.15, 0.2) is 58.3 Å². The maximum atomic E-state index is 10.1. The number of hydrogen-bond acceptors (Lipinski definition) is 6. The van der Waals surface area contributed by atoms with Crippen LogP contribution in [0.3, 0.4) is 0 Å². The second kappa shape index (κ2) is 9.82. The van der Waals surface area contributed by atoms with E-state index >= 15 is 0 Å². The summed E-state index contributed by atoms with van der Waals surface area (Å²) in [6.07, 6.45) is 0.